The van der Waals surface area contributed by atoms with Gasteiger partial charge in [-0.1, -0.05) is 25.1 Å². The van der Waals surface area contributed by atoms with E-state index in [9.17, 15) is 14.6 Å². The van der Waals surface area contributed by atoms with Gasteiger partial charge in [-0.25, -0.2) is 4.39 Å². The zero-order valence-corrected chi connectivity index (χ0v) is 9.86. The van der Waals surface area contributed by atoms with Gasteiger partial charge in [-0.15, -0.1) is 0 Å². The zero-order valence-electron chi connectivity index (χ0n) is 9.04. The molecular weight excluding hydrogens is 233 g/mol. The number of aliphatic hydroxyl groups excluding tert-OH is 2. The molecule has 6 heteroatoms. The number of ether oxygens (including phenoxy) is 1. The van der Waals surface area contributed by atoms with Crippen molar-refractivity contribution in [3.8, 4) is 0 Å². The molecule has 92 valence electrons. The van der Waals surface area contributed by atoms with Gasteiger partial charge < -0.3 is 14.9 Å². The number of rotatable bonds is 3. The van der Waals surface area contributed by atoms with Gasteiger partial charge >= 0.3 is 0 Å². The molecule has 1 saturated heterocycles. The highest BCUT2D eigenvalue weighted by Gasteiger charge is 2.47. The van der Waals surface area contributed by atoms with Crippen LogP contribution in [0, 0.1) is 0 Å². The normalized spacial score (nSPS) is 43.0. The SMILES string of the molecule is CCCC1=N[C@@H]2[C@@H](O)[C@H](O)[C@@H](CF)O[C@@H]2S1. The van der Waals surface area contributed by atoms with E-state index in [2.05, 4.69) is 4.99 Å². The van der Waals surface area contributed by atoms with Crippen LogP contribution < -0.4 is 0 Å². The highest BCUT2D eigenvalue weighted by molar-refractivity contribution is 8.14. The summed E-state index contributed by atoms with van der Waals surface area (Å²) in [6.45, 7) is 1.26. The van der Waals surface area contributed by atoms with Gasteiger partial charge in [0.15, 0.2) is 0 Å². The molecule has 0 aromatic rings. The molecule has 0 bridgehead atoms. The Bertz CT molecular complexity index is 289. The van der Waals surface area contributed by atoms with Crippen LogP contribution in [0.5, 0.6) is 0 Å². The number of alkyl halides is 1. The highest BCUT2D eigenvalue weighted by atomic mass is 32.2. The molecule has 5 atom stereocenters. The fourth-order valence-corrected chi connectivity index (χ4v) is 3.28. The molecule has 16 heavy (non-hydrogen) atoms. The Labute approximate surface area is 97.9 Å². The first-order chi connectivity index (χ1) is 7.67. The minimum Gasteiger partial charge on any atom is -0.388 e. The monoisotopic (exact) mass is 249 g/mol. The van der Waals surface area contributed by atoms with Gasteiger partial charge in [-0.3, -0.25) is 4.99 Å². The van der Waals surface area contributed by atoms with E-state index in [1.54, 1.807) is 0 Å². The van der Waals surface area contributed by atoms with E-state index in [4.69, 9.17) is 4.74 Å². The molecule has 4 nitrogen and oxygen atoms in total. The van der Waals surface area contributed by atoms with Gasteiger partial charge in [-0.2, -0.15) is 0 Å². The van der Waals surface area contributed by atoms with Crippen LogP contribution in [0.1, 0.15) is 19.8 Å². The lowest BCUT2D eigenvalue weighted by molar-refractivity contribution is -0.157. The van der Waals surface area contributed by atoms with Crippen molar-refractivity contribution in [2.45, 2.75) is 49.6 Å². The lowest BCUT2D eigenvalue weighted by atomic mass is 9.99. The Kier molecular flexibility index (Phi) is 3.84. The molecule has 0 aliphatic carbocycles. The van der Waals surface area contributed by atoms with Gasteiger partial charge in [0, 0.05) is 0 Å². The number of halogens is 1. The maximum Gasteiger partial charge on any atom is 0.134 e. The number of aliphatic imine (C=N–C) groups is 1. The minimum atomic E-state index is -1.18. The van der Waals surface area contributed by atoms with E-state index in [1.165, 1.54) is 11.8 Å². The Morgan fingerprint density at radius 3 is 2.81 bits per heavy atom. The average molecular weight is 249 g/mol. The summed E-state index contributed by atoms with van der Waals surface area (Å²) in [5.74, 6) is 0. The van der Waals surface area contributed by atoms with Crippen molar-refractivity contribution in [1.82, 2.24) is 0 Å². The molecule has 2 N–H and O–H groups in total. The van der Waals surface area contributed by atoms with E-state index in [1.807, 2.05) is 6.92 Å². The highest BCUT2D eigenvalue weighted by Crippen LogP contribution is 2.37. The third kappa shape index (κ3) is 2.11. The summed E-state index contributed by atoms with van der Waals surface area (Å²) in [6.07, 6.45) is -1.33. The van der Waals surface area contributed by atoms with E-state index in [0.717, 1.165) is 17.9 Å². The first-order valence-electron chi connectivity index (χ1n) is 5.48. The number of fused-ring (bicyclic) bond motifs is 1. The van der Waals surface area contributed by atoms with Gasteiger partial charge in [0.1, 0.15) is 36.5 Å². The summed E-state index contributed by atoms with van der Waals surface area (Å²) in [4.78, 5) is 4.32. The number of hydrogen-bond donors (Lipinski definition) is 2. The van der Waals surface area contributed by atoms with Crippen LogP contribution in [0.4, 0.5) is 4.39 Å². The van der Waals surface area contributed by atoms with Crippen molar-refractivity contribution >= 4 is 16.8 Å². The fraction of sp³-hybridized carbons (Fsp3) is 0.900. The lowest BCUT2D eigenvalue weighted by Crippen LogP contribution is -2.55. The fourth-order valence-electron chi connectivity index (χ4n) is 1.95. The number of hydrogen-bond acceptors (Lipinski definition) is 5. The molecule has 0 spiro atoms. The molecule has 2 aliphatic rings. The minimum absolute atomic E-state index is 0.347. The van der Waals surface area contributed by atoms with Crippen molar-refractivity contribution < 1.29 is 19.3 Å². The van der Waals surface area contributed by atoms with E-state index < -0.39 is 31.0 Å². The van der Waals surface area contributed by atoms with Crippen molar-refractivity contribution in [3.63, 3.8) is 0 Å². The number of nitrogens with zero attached hydrogens (tertiary/aromatic N) is 1. The zero-order chi connectivity index (χ0) is 11.7. The molecule has 0 aromatic heterocycles. The van der Waals surface area contributed by atoms with Crippen LogP contribution in [-0.2, 0) is 4.74 Å². The predicted octanol–water partition coefficient (Wildman–Crippen LogP) is 0.717. The second-order valence-electron chi connectivity index (χ2n) is 4.06. The second kappa shape index (κ2) is 5.00. The predicted molar refractivity (Wildman–Crippen MR) is 60.4 cm³/mol. The lowest BCUT2D eigenvalue weighted by Gasteiger charge is -2.37. The molecule has 0 radical (unpaired) electrons. The van der Waals surface area contributed by atoms with E-state index in [0.29, 0.717) is 0 Å². The first kappa shape index (κ1) is 12.3. The van der Waals surface area contributed by atoms with E-state index >= 15 is 0 Å². The Hall–Kier alpha value is -0.170. The van der Waals surface area contributed by atoms with Crippen molar-refractivity contribution in [1.29, 1.82) is 0 Å². The maximum atomic E-state index is 12.6. The van der Waals surface area contributed by atoms with Crippen LogP contribution in [0.15, 0.2) is 4.99 Å². The number of thioether (sulfide) groups is 1. The summed E-state index contributed by atoms with van der Waals surface area (Å²) in [7, 11) is 0. The largest absolute Gasteiger partial charge is 0.388 e. The summed E-state index contributed by atoms with van der Waals surface area (Å²) in [6, 6.07) is -0.454. The molecule has 2 aliphatic heterocycles. The van der Waals surface area contributed by atoms with Crippen LogP contribution >= 0.6 is 11.8 Å². The maximum absolute atomic E-state index is 12.6. The molecule has 2 rings (SSSR count). The molecule has 0 amide bonds. The third-order valence-electron chi connectivity index (χ3n) is 2.83. The molecule has 0 saturated carbocycles. The van der Waals surface area contributed by atoms with Crippen LogP contribution in [0.2, 0.25) is 0 Å². The van der Waals surface area contributed by atoms with Gasteiger partial charge in [-0.05, 0) is 6.42 Å². The topological polar surface area (TPSA) is 62.1 Å². The smallest absolute Gasteiger partial charge is 0.134 e. The number of aliphatic hydroxyl groups is 2. The summed E-state index contributed by atoms with van der Waals surface area (Å²) in [5.41, 5.74) is -0.347. The van der Waals surface area contributed by atoms with Crippen molar-refractivity contribution in [2.75, 3.05) is 6.67 Å². The van der Waals surface area contributed by atoms with Gasteiger partial charge in [0.2, 0.25) is 0 Å². The molecule has 0 aromatic carbocycles. The Morgan fingerprint density at radius 2 is 2.19 bits per heavy atom. The average Bonchev–Trinajstić information content (AvgIpc) is 2.67. The standard InChI is InChI=1S/C10H16FNO3S/c1-2-3-6-12-7-9(14)8(13)5(4-11)15-10(7)16-6/h5,7-10,13-14H,2-4H2,1H3/t5-,7-,8-,9-,10-/m1/s1. The first-order valence-corrected chi connectivity index (χ1v) is 6.36. The second-order valence-corrected chi connectivity index (χ2v) is 5.23. The molecule has 1 fully saturated rings. The van der Waals surface area contributed by atoms with Crippen LogP contribution in [0.25, 0.3) is 0 Å². The van der Waals surface area contributed by atoms with Crippen molar-refractivity contribution in [3.05, 3.63) is 0 Å². The van der Waals surface area contributed by atoms with Crippen LogP contribution in [-0.4, -0.2) is 51.7 Å². The quantitative estimate of drug-likeness (QED) is 0.773. The Balaban J connectivity index is 2.08. The molecular formula is C10H16FNO3S. The van der Waals surface area contributed by atoms with Gasteiger partial charge in [0.25, 0.3) is 0 Å². The van der Waals surface area contributed by atoms with Gasteiger partial charge in [0.05, 0.1) is 5.04 Å². The van der Waals surface area contributed by atoms with Crippen molar-refractivity contribution in [2.24, 2.45) is 4.99 Å². The summed E-state index contributed by atoms with van der Waals surface area (Å²) < 4.78 is 17.9. The summed E-state index contributed by atoms with van der Waals surface area (Å²) >= 11 is 1.43. The Morgan fingerprint density at radius 1 is 1.44 bits per heavy atom. The molecule has 0 unspecified atom stereocenters. The third-order valence-corrected chi connectivity index (χ3v) is 4.03. The molecule has 2 heterocycles. The van der Waals surface area contributed by atoms with E-state index in [-0.39, 0.29) is 5.44 Å². The van der Waals surface area contributed by atoms with Crippen LogP contribution in [0.3, 0.4) is 0 Å². The summed E-state index contributed by atoms with van der Waals surface area (Å²) in [5, 5.41) is 20.3.